The van der Waals surface area contributed by atoms with E-state index in [4.69, 9.17) is 14.9 Å². The second-order valence-electron chi connectivity index (χ2n) is 9.47. The number of rotatable bonds is 9. The molecule has 0 heterocycles. The quantitative estimate of drug-likeness (QED) is 0.399. The molecule has 0 N–H and O–H groups in total. The van der Waals surface area contributed by atoms with Crippen molar-refractivity contribution in [3.8, 4) is 11.5 Å². The summed E-state index contributed by atoms with van der Waals surface area (Å²) in [7, 11) is 0. The van der Waals surface area contributed by atoms with Gasteiger partial charge in [-0.3, -0.25) is 0 Å². The minimum absolute atomic E-state index is 0.0278. The number of aryl methyl sites for hydroxylation is 1. The zero-order valence-corrected chi connectivity index (χ0v) is 19.9. The Bertz CT molecular complexity index is 910. The van der Waals surface area contributed by atoms with Crippen LogP contribution in [0.3, 0.4) is 0 Å². The van der Waals surface area contributed by atoms with E-state index in [1.807, 2.05) is 26.0 Å². The van der Waals surface area contributed by atoms with E-state index in [-0.39, 0.29) is 16.9 Å². The Morgan fingerprint density at radius 1 is 0.967 bits per heavy atom. The molecule has 30 heavy (non-hydrogen) atoms. The number of ether oxygens (including phenoxy) is 2. The minimum atomic E-state index is -0.120. The third-order valence-electron chi connectivity index (χ3n) is 6.34. The number of benzene rings is 2. The van der Waals surface area contributed by atoms with Gasteiger partial charge >= 0.3 is 5.69 Å². The zero-order chi connectivity index (χ0) is 22.5. The first kappa shape index (κ1) is 23.7. The van der Waals surface area contributed by atoms with Gasteiger partial charge in [0.2, 0.25) is 5.39 Å². The van der Waals surface area contributed by atoms with Crippen LogP contribution in [0.4, 0.5) is 5.69 Å². The summed E-state index contributed by atoms with van der Waals surface area (Å²) >= 11 is 0. The van der Waals surface area contributed by atoms with Crippen molar-refractivity contribution in [1.29, 1.82) is 5.39 Å². The lowest BCUT2D eigenvalue weighted by molar-refractivity contribution is 0.141. The van der Waals surface area contributed by atoms with Gasteiger partial charge in [-0.25, -0.2) is 0 Å². The molecular formula is C26H37N2O2+. The molecule has 4 nitrogen and oxygen atoms in total. The van der Waals surface area contributed by atoms with Crippen LogP contribution in [0.5, 0.6) is 11.5 Å². The van der Waals surface area contributed by atoms with E-state index in [0.29, 0.717) is 12.3 Å². The molecule has 0 aromatic heterocycles. The van der Waals surface area contributed by atoms with Crippen molar-refractivity contribution in [2.45, 2.75) is 85.2 Å². The highest BCUT2D eigenvalue weighted by Crippen LogP contribution is 2.38. The Balaban J connectivity index is 2.19. The third kappa shape index (κ3) is 5.53. The lowest BCUT2D eigenvalue weighted by atomic mass is 9.76. The molecule has 0 aliphatic heterocycles. The molecular weight excluding hydrogens is 372 g/mol. The van der Waals surface area contributed by atoms with Gasteiger partial charge in [-0.2, -0.15) is 0 Å². The van der Waals surface area contributed by atoms with E-state index in [1.165, 1.54) is 11.1 Å². The summed E-state index contributed by atoms with van der Waals surface area (Å²) in [4.78, 5) is 3.26. The summed E-state index contributed by atoms with van der Waals surface area (Å²) in [6, 6.07) is 12.1. The van der Waals surface area contributed by atoms with Crippen molar-refractivity contribution in [1.82, 2.24) is 0 Å². The molecule has 0 fully saturated rings. The van der Waals surface area contributed by atoms with Crippen molar-refractivity contribution < 1.29 is 9.47 Å². The Morgan fingerprint density at radius 3 is 2.20 bits per heavy atom. The van der Waals surface area contributed by atoms with Crippen LogP contribution in [0.15, 0.2) is 36.4 Å². The fourth-order valence-electron chi connectivity index (χ4n) is 3.29. The molecule has 0 amide bonds. The first-order chi connectivity index (χ1) is 14.0. The van der Waals surface area contributed by atoms with Crippen LogP contribution in [0.1, 0.15) is 78.0 Å². The molecule has 2 aromatic rings. The molecule has 0 saturated heterocycles. The van der Waals surface area contributed by atoms with E-state index in [0.717, 1.165) is 29.9 Å². The fourth-order valence-corrected chi connectivity index (χ4v) is 3.29. The van der Waals surface area contributed by atoms with Crippen LogP contribution in [0, 0.1) is 12.3 Å². The van der Waals surface area contributed by atoms with E-state index < -0.39 is 0 Å². The molecule has 0 spiro atoms. The molecule has 0 saturated carbocycles. The summed E-state index contributed by atoms with van der Waals surface area (Å²) in [6.07, 6.45) is 2.00. The molecule has 0 bridgehead atoms. The van der Waals surface area contributed by atoms with E-state index in [2.05, 4.69) is 64.7 Å². The fraction of sp³-hybridized carbons (Fsp3) is 0.538. The summed E-state index contributed by atoms with van der Waals surface area (Å²) in [5.74, 6) is 1.67. The van der Waals surface area contributed by atoms with Gasteiger partial charge in [0.15, 0.2) is 4.98 Å². The highest BCUT2D eigenvalue weighted by atomic mass is 16.5. The highest BCUT2D eigenvalue weighted by Gasteiger charge is 2.27. The van der Waals surface area contributed by atoms with Gasteiger partial charge in [0.05, 0.1) is 0 Å². The Kier molecular flexibility index (Phi) is 7.53. The Labute approximate surface area is 182 Å². The highest BCUT2D eigenvalue weighted by molar-refractivity contribution is 5.53. The molecule has 0 aliphatic rings. The van der Waals surface area contributed by atoms with Crippen LogP contribution in [-0.4, -0.2) is 12.7 Å². The maximum Gasteiger partial charge on any atom is 0.388 e. The summed E-state index contributed by atoms with van der Waals surface area (Å²) < 4.78 is 12.3. The third-order valence-corrected chi connectivity index (χ3v) is 6.34. The van der Waals surface area contributed by atoms with Gasteiger partial charge in [-0.05, 0) is 61.3 Å². The molecule has 2 rings (SSSR count). The van der Waals surface area contributed by atoms with Crippen molar-refractivity contribution in [3.05, 3.63) is 58.1 Å². The first-order valence-corrected chi connectivity index (χ1v) is 10.9. The molecule has 1 atom stereocenters. The minimum Gasteiger partial charge on any atom is -0.489 e. The van der Waals surface area contributed by atoms with E-state index >= 15 is 0 Å². The maximum atomic E-state index is 8.96. The van der Waals surface area contributed by atoms with Gasteiger partial charge < -0.3 is 9.47 Å². The topological polar surface area (TPSA) is 46.6 Å². The van der Waals surface area contributed by atoms with E-state index in [1.54, 1.807) is 6.07 Å². The van der Waals surface area contributed by atoms with Gasteiger partial charge in [-0.15, -0.1) is 0 Å². The number of nitrogens with zero attached hydrogens (tertiary/aromatic N) is 2. The SMILES string of the molecule is CCC(C)(C)c1ccc(OCC(C)Oc2ccc([N+]#N)c(C)c2)c(C(C)(C)CC)c1. The van der Waals surface area contributed by atoms with Crippen LogP contribution >= 0.6 is 0 Å². The van der Waals surface area contributed by atoms with Crippen molar-refractivity contribution >= 4 is 5.69 Å². The van der Waals surface area contributed by atoms with Crippen LogP contribution in [0.2, 0.25) is 0 Å². The average Bonchev–Trinajstić information content (AvgIpc) is 2.72. The smallest absolute Gasteiger partial charge is 0.388 e. The maximum absolute atomic E-state index is 8.96. The second-order valence-corrected chi connectivity index (χ2v) is 9.47. The number of hydrogen-bond acceptors (Lipinski definition) is 3. The normalized spacial score (nSPS) is 12.9. The molecule has 2 aromatic carbocycles. The summed E-state index contributed by atoms with van der Waals surface area (Å²) in [6.45, 7) is 17.9. The first-order valence-electron chi connectivity index (χ1n) is 10.9. The zero-order valence-electron chi connectivity index (χ0n) is 19.9. The van der Waals surface area contributed by atoms with Gasteiger partial charge in [0.25, 0.3) is 0 Å². The van der Waals surface area contributed by atoms with Crippen LogP contribution < -0.4 is 9.47 Å². The van der Waals surface area contributed by atoms with Gasteiger partial charge in [0.1, 0.15) is 24.2 Å². The standard InChI is InChI=1S/C26H37N2O2/c1-9-25(5,6)20-11-14-24(22(16-20)26(7,8)10-2)29-17-19(4)30-21-12-13-23(28-27)18(3)15-21/h11-16,19H,9-10,17H2,1-8H3/q+1. The monoisotopic (exact) mass is 409 g/mol. The average molecular weight is 410 g/mol. The number of diazo groups is 1. The Hall–Kier alpha value is -2.54. The van der Waals surface area contributed by atoms with E-state index in [9.17, 15) is 0 Å². The lowest BCUT2D eigenvalue weighted by Crippen LogP contribution is -2.24. The lowest BCUT2D eigenvalue weighted by Gasteiger charge is -2.30. The van der Waals surface area contributed by atoms with Crippen molar-refractivity contribution in [2.75, 3.05) is 6.61 Å². The Morgan fingerprint density at radius 2 is 1.63 bits per heavy atom. The molecule has 4 heteroatoms. The van der Waals surface area contributed by atoms with Gasteiger partial charge in [0, 0.05) is 17.2 Å². The molecule has 0 aliphatic carbocycles. The molecule has 0 radical (unpaired) electrons. The molecule has 1 unspecified atom stereocenters. The number of hydrogen-bond donors (Lipinski definition) is 0. The van der Waals surface area contributed by atoms with Crippen LogP contribution in [-0.2, 0) is 10.8 Å². The second kappa shape index (κ2) is 9.51. The summed E-state index contributed by atoms with van der Waals surface area (Å²) in [5, 5.41) is 8.96. The predicted molar refractivity (Wildman–Crippen MR) is 125 cm³/mol. The van der Waals surface area contributed by atoms with Gasteiger partial charge in [-0.1, -0.05) is 53.7 Å². The predicted octanol–water partition coefficient (Wildman–Crippen LogP) is 7.70. The van der Waals surface area contributed by atoms with Crippen molar-refractivity contribution in [3.63, 3.8) is 0 Å². The molecule has 162 valence electrons. The van der Waals surface area contributed by atoms with Crippen molar-refractivity contribution in [2.24, 2.45) is 0 Å². The largest absolute Gasteiger partial charge is 0.489 e. The summed E-state index contributed by atoms with van der Waals surface area (Å²) in [5.41, 5.74) is 4.18. The van der Waals surface area contributed by atoms with Crippen LogP contribution in [0.25, 0.3) is 4.98 Å².